The summed E-state index contributed by atoms with van der Waals surface area (Å²) in [6, 6.07) is 13.6. The Hall–Kier alpha value is -1.74. The Morgan fingerprint density at radius 2 is 1.80 bits per heavy atom. The number of hydrogen-bond donors (Lipinski definition) is 1. The number of nitrogens with one attached hydrogen (secondary N) is 1. The summed E-state index contributed by atoms with van der Waals surface area (Å²) in [5.41, 5.74) is 1.67. The average molecular weight is 273 g/mol. The third kappa shape index (κ3) is 2.59. The molecule has 2 aromatic rings. The fraction of sp³-hybridized carbons (Fsp3) is 0.294. The summed E-state index contributed by atoms with van der Waals surface area (Å²) in [6.07, 6.45) is 0.891. The third-order valence-corrected chi connectivity index (χ3v) is 4.06. The maximum absolute atomic E-state index is 14.0. The van der Waals surface area contributed by atoms with E-state index in [1.165, 1.54) is 12.1 Å². The molecule has 1 saturated heterocycles. The fourth-order valence-electron chi connectivity index (χ4n) is 3.10. The van der Waals surface area contributed by atoms with Crippen LogP contribution in [0.4, 0.5) is 8.78 Å². The van der Waals surface area contributed by atoms with E-state index < -0.39 is 0 Å². The molecule has 0 bridgehead atoms. The highest BCUT2D eigenvalue weighted by Gasteiger charge is 2.29. The molecule has 3 heteroatoms. The first kappa shape index (κ1) is 13.3. The highest BCUT2D eigenvalue weighted by Crippen LogP contribution is 2.38. The molecule has 1 aliphatic rings. The molecule has 0 saturated carbocycles. The van der Waals surface area contributed by atoms with Gasteiger partial charge in [-0.1, -0.05) is 30.3 Å². The lowest BCUT2D eigenvalue weighted by molar-refractivity contribution is 0.392. The van der Waals surface area contributed by atoms with Gasteiger partial charge in [-0.3, -0.25) is 0 Å². The molecule has 104 valence electrons. The largest absolute Gasteiger partial charge is 0.316 e. The van der Waals surface area contributed by atoms with Crippen LogP contribution in [0.15, 0.2) is 48.5 Å². The molecule has 0 spiro atoms. The Kier molecular flexibility index (Phi) is 3.79. The average Bonchev–Trinajstić information content (AvgIpc) is 2.48. The number of benzene rings is 2. The molecule has 1 heterocycles. The summed E-state index contributed by atoms with van der Waals surface area (Å²) in [5, 5.41) is 3.31. The van der Waals surface area contributed by atoms with Gasteiger partial charge in [0, 0.05) is 12.5 Å². The lowest BCUT2D eigenvalue weighted by Crippen LogP contribution is -2.34. The Labute approximate surface area is 117 Å². The van der Waals surface area contributed by atoms with Gasteiger partial charge in [-0.25, -0.2) is 8.78 Å². The summed E-state index contributed by atoms with van der Waals surface area (Å²) in [5.74, 6) is -0.202. The van der Waals surface area contributed by atoms with Crippen molar-refractivity contribution in [3.8, 4) is 0 Å². The van der Waals surface area contributed by atoms with E-state index in [-0.39, 0.29) is 23.5 Å². The van der Waals surface area contributed by atoms with E-state index in [0.29, 0.717) is 5.56 Å². The molecule has 20 heavy (non-hydrogen) atoms. The van der Waals surface area contributed by atoms with Gasteiger partial charge in [-0.05, 0) is 48.2 Å². The molecular formula is C17H17F2N. The lowest BCUT2D eigenvalue weighted by Gasteiger charge is -2.33. The number of halogens is 2. The zero-order valence-corrected chi connectivity index (χ0v) is 11.2. The summed E-state index contributed by atoms with van der Waals surface area (Å²) in [7, 11) is 0. The van der Waals surface area contributed by atoms with E-state index in [1.807, 2.05) is 18.2 Å². The first-order valence-corrected chi connectivity index (χ1v) is 6.96. The third-order valence-electron chi connectivity index (χ3n) is 4.06. The fourth-order valence-corrected chi connectivity index (χ4v) is 3.10. The van der Waals surface area contributed by atoms with Crippen LogP contribution in [0.2, 0.25) is 0 Å². The van der Waals surface area contributed by atoms with E-state index in [9.17, 15) is 8.78 Å². The molecule has 3 rings (SSSR count). The van der Waals surface area contributed by atoms with Crippen LogP contribution in [0.25, 0.3) is 0 Å². The van der Waals surface area contributed by atoms with Gasteiger partial charge in [0.15, 0.2) is 0 Å². The van der Waals surface area contributed by atoms with E-state index in [2.05, 4.69) is 5.32 Å². The molecule has 0 radical (unpaired) electrons. The minimum Gasteiger partial charge on any atom is -0.316 e. The van der Waals surface area contributed by atoms with Crippen LogP contribution in [0.1, 0.15) is 29.4 Å². The van der Waals surface area contributed by atoms with E-state index in [0.717, 1.165) is 25.1 Å². The van der Waals surface area contributed by atoms with Gasteiger partial charge in [0.25, 0.3) is 0 Å². The molecule has 2 unspecified atom stereocenters. The van der Waals surface area contributed by atoms with Gasteiger partial charge < -0.3 is 5.32 Å². The predicted molar refractivity (Wildman–Crippen MR) is 75.8 cm³/mol. The molecular weight excluding hydrogens is 256 g/mol. The number of piperidine rings is 1. The zero-order chi connectivity index (χ0) is 13.9. The summed E-state index contributed by atoms with van der Waals surface area (Å²) in [4.78, 5) is 0. The van der Waals surface area contributed by atoms with Crippen LogP contribution < -0.4 is 5.32 Å². The van der Waals surface area contributed by atoms with Gasteiger partial charge in [0.1, 0.15) is 11.6 Å². The Balaban J connectivity index is 1.98. The van der Waals surface area contributed by atoms with Crippen LogP contribution in [0, 0.1) is 11.6 Å². The molecule has 2 atom stereocenters. The van der Waals surface area contributed by atoms with Crippen molar-refractivity contribution < 1.29 is 8.78 Å². The normalized spacial score (nSPS) is 22.7. The topological polar surface area (TPSA) is 12.0 Å². The minimum atomic E-state index is -0.228. The second kappa shape index (κ2) is 5.71. The summed E-state index contributed by atoms with van der Waals surface area (Å²) >= 11 is 0. The first-order chi connectivity index (χ1) is 9.75. The molecule has 1 N–H and O–H groups in total. The van der Waals surface area contributed by atoms with Gasteiger partial charge in [0.2, 0.25) is 0 Å². The quantitative estimate of drug-likeness (QED) is 0.877. The molecule has 0 aromatic heterocycles. The van der Waals surface area contributed by atoms with Gasteiger partial charge in [-0.15, -0.1) is 0 Å². The van der Waals surface area contributed by atoms with Crippen molar-refractivity contribution in [3.05, 3.63) is 71.3 Å². The van der Waals surface area contributed by atoms with Crippen molar-refractivity contribution in [2.24, 2.45) is 0 Å². The van der Waals surface area contributed by atoms with Gasteiger partial charge >= 0.3 is 0 Å². The van der Waals surface area contributed by atoms with E-state index in [4.69, 9.17) is 0 Å². The second-order valence-corrected chi connectivity index (χ2v) is 5.28. The Morgan fingerprint density at radius 3 is 2.60 bits per heavy atom. The van der Waals surface area contributed by atoms with Crippen LogP contribution in [0.3, 0.4) is 0 Å². The Morgan fingerprint density at radius 1 is 0.950 bits per heavy atom. The van der Waals surface area contributed by atoms with Crippen molar-refractivity contribution in [1.29, 1.82) is 0 Å². The monoisotopic (exact) mass is 273 g/mol. The van der Waals surface area contributed by atoms with Crippen molar-refractivity contribution in [3.63, 3.8) is 0 Å². The minimum absolute atomic E-state index is 0.0479. The van der Waals surface area contributed by atoms with Crippen molar-refractivity contribution >= 4 is 0 Å². The SMILES string of the molecule is Fc1cccc(C2CCNCC2c2ccccc2F)c1. The summed E-state index contributed by atoms with van der Waals surface area (Å²) in [6.45, 7) is 1.61. The van der Waals surface area contributed by atoms with Crippen LogP contribution in [-0.4, -0.2) is 13.1 Å². The molecule has 1 aliphatic heterocycles. The van der Waals surface area contributed by atoms with Gasteiger partial charge in [0.05, 0.1) is 0 Å². The maximum atomic E-state index is 14.0. The molecule has 0 aliphatic carbocycles. The standard InChI is InChI=1S/C17H17F2N/c18-13-5-3-4-12(10-13)14-8-9-20-11-16(14)15-6-1-2-7-17(15)19/h1-7,10,14,16,20H,8-9,11H2. The second-order valence-electron chi connectivity index (χ2n) is 5.28. The predicted octanol–water partition coefficient (Wildman–Crippen LogP) is 3.83. The number of hydrogen-bond acceptors (Lipinski definition) is 1. The molecule has 1 fully saturated rings. The zero-order valence-electron chi connectivity index (χ0n) is 11.2. The van der Waals surface area contributed by atoms with Crippen molar-refractivity contribution in [1.82, 2.24) is 5.32 Å². The summed E-state index contributed by atoms with van der Waals surface area (Å²) < 4.78 is 27.5. The van der Waals surface area contributed by atoms with E-state index >= 15 is 0 Å². The highest BCUT2D eigenvalue weighted by atomic mass is 19.1. The first-order valence-electron chi connectivity index (χ1n) is 6.96. The number of rotatable bonds is 2. The van der Waals surface area contributed by atoms with Crippen LogP contribution in [0.5, 0.6) is 0 Å². The lowest BCUT2D eigenvalue weighted by atomic mass is 9.77. The molecule has 0 amide bonds. The van der Waals surface area contributed by atoms with Crippen LogP contribution >= 0.6 is 0 Å². The highest BCUT2D eigenvalue weighted by molar-refractivity contribution is 5.31. The smallest absolute Gasteiger partial charge is 0.126 e. The molecule has 1 nitrogen and oxygen atoms in total. The van der Waals surface area contributed by atoms with E-state index in [1.54, 1.807) is 18.2 Å². The maximum Gasteiger partial charge on any atom is 0.126 e. The Bertz CT molecular complexity index is 597. The van der Waals surface area contributed by atoms with Crippen molar-refractivity contribution in [2.75, 3.05) is 13.1 Å². The van der Waals surface area contributed by atoms with Crippen LogP contribution in [-0.2, 0) is 0 Å². The van der Waals surface area contributed by atoms with Gasteiger partial charge in [-0.2, -0.15) is 0 Å². The van der Waals surface area contributed by atoms with Crippen molar-refractivity contribution in [2.45, 2.75) is 18.3 Å². The molecule has 2 aromatic carbocycles.